The summed E-state index contributed by atoms with van der Waals surface area (Å²) in [5.41, 5.74) is 2.33. The highest BCUT2D eigenvalue weighted by atomic mass is 19.3. The highest BCUT2D eigenvalue weighted by Gasteiger charge is 2.71. The van der Waals surface area contributed by atoms with Crippen molar-refractivity contribution in [1.29, 1.82) is 5.26 Å². The molecule has 2 bridgehead atoms. The van der Waals surface area contributed by atoms with Gasteiger partial charge in [-0.25, -0.2) is 8.78 Å². The maximum absolute atomic E-state index is 13.4. The molecule has 0 spiro atoms. The number of aromatic nitrogens is 2. The number of carbonyl (C=O) groups is 2. The molecule has 7 rings (SSSR count). The molecule has 4 aliphatic rings. The molecular weight excluding hydrogens is 464 g/mol. The van der Waals surface area contributed by atoms with E-state index in [1.807, 2.05) is 30.3 Å². The summed E-state index contributed by atoms with van der Waals surface area (Å²) in [7, 11) is 0. The first-order valence-corrected chi connectivity index (χ1v) is 11.9. The molecule has 0 unspecified atom stereocenters. The Hall–Kier alpha value is -4.06. The molecule has 2 heterocycles. The monoisotopic (exact) mass is 487 g/mol. The Morgan fingerprint density at radius 3 is 2.58 bits per heavy atom. The molecule has 3 saturated carbocycles. The molecule has 1 N–H and O–H groups in total. The quantitative estimate of drug-likeness (QED) is 0.548. The predicted octanol–water partition coefficient (Wildman–Crippen LogP) is 4.65. The number of rotatable bonds is 6. The normalized spacial score (nSPS) is 23.9. The number of hydrogen-bond donors (Lipinski definition) is 1. The van der Waals surface area contributed by atoms with Crippen molar-refractivity contribution in [2.75, 3.05) is 16.8 Å². The molecule has 3 fully saturated rings. The lowest BCUT2D eigenvalue weighted by molar-refractivity contribution is -0.265. The van der Waals surface area contributed by atoms with Gasteiger partial charge in [0, 0.05) is 23.3 Å². The first-order chi connectivity index (χ1) is 17.3. The fourth-order valence-electron chi connectivity index (χ4n) is 6.21. The van der Waals surface area contributed by atoms with Gasteiger partial charge in [-0.2, -0.15) is 10.4 Å². The molecule has 36 heavy (non-hydrogen) atoms. The predicted molar refractivity (Wildman–Crippen MR) is 128 cm³/mol. The second-order valence-electron chi connectivity index (χ2n) is 10.3. The van der Waals surface area contributed by atoms with E-state index in [1.54, 1.807) is 29.2 Å². The number of halogens is 2. The van der Waals surface area contributed by atoms with Gasteiger partial charge in [-0.3, -0.25) is 14.3 Å². The van der Waals surface area contributed by atoms with Crippen molar-refractivity contribution in [1.82, 2.24) is 9.78 Å². The largest absolute Gasteiger partial charge is 0.322 e. The average molecular weight is 488 g/mol. The molecular formula is C27H23F2N5O2. The van der Waals surface area contributed by atoms with Crippen molar-refractivity contribution < 1.29 is 18.4 Å². The lowest BCUT2D eigenvalue weighted by Crippen LogP contribution is -2.65. The standard InChI is InChI=1S/C27H23F2N5O2/c28-25(29)27-14-26(15-27,16-27)11-17-4-6-20(7-5-17)33-8-9-34-22(24(33)36)21(13-31-34)23(35)32-19-3-1-2-18(10-19)12-30/h1-7,10,13,25H,8-9,11,14-16H2,(H,32,35). The number of fused-ring (bicyclic) bond motifs is 1. The average Bonchev–Trinajstić information content (AvgIpc) is 3.26. The molecule has 0 atom stereocenters. The second kappa shape index (κ2) is 7.98. The number of amides is 2. The summed E-state index contributed by atoms with van der Waals surface area (Å²) < 4.78 is 27.8. The van der Waals surface area contributed by atoms with Crippen LogP contribution in [-0.4, -0.2) is 34.6 Å². The lowest BCUT2D eigenvalue weighted by atomic mass is 9.34. The van der Waals surface area contributed by atoms with Gasteiger partial charge in [0.1, 0.15) is 5.69 Å². The van der Waals surface area contributed by atoms with E-state index in [2.05, 4.69) is 10.4 Å². The number of nitrogens with one attached hydrogen (secondary N) is 1. The van der Waals surface area contributed by atoms with Gasteiger partial charge in [-0.15, -0.1) is 0 Å². The first-order valence-electron chi connectivity index (χ1n) is 11.9. The fraction of sp³-hybridized carbons (Fsp3) is 0.333. The fourth-order valence-corrected chi connectivity index (χ4v) is 6.21. The molecule has 1 aliphatic heterocycles. The topological polar surface area (TPSA) is 91.0 Å². The Bertz CT molecular complexity index is 1400. The van der Waals surface area contributed by atoms with Crippen molar-refractivity contribution >= 4 is 23.2 Å². The molecule has 7 nitrogen and oxygen atoms in total. The summed E-state index contributed by atoms with van der Waals surface area (Å²) in [6, 6.07) is 16.2. The highest BCUT2D eigenvalue weighted by Crippen LogP contribution is 2.76. The molecule has 2 amide bonds. The summed E-state index contributed by atoms with van der Waals surface area (Å²) in [4.78, 5) is 28.0. The summed E-state index contributed by atoms with van der Waals surface area (Å²) in [5.74, 6) is -0.794. The molecule has 1 aromatic heterocycles. The van der Waals surface area contributed by atoms with E-state index in [1.165, 1.54) is 10.9 Å². The SMILES string of the molecule is N#Cc1cccc(NC(=O)c2cnn3c2C(=O)N(c2ccc(CC45CC(C(F)F)(C4)C5)cc2)CC3)c1. The van der Waals surface area contributed by atoms with E-state index in [0.29, 0.717) is 49.3 Å². The maximum Gasteiger partial charge on any atom is 0.277 e. The van der Waals surface area contributed by atoms with Crippen molar-refractivity contribution in [3.63, 3.8) is 0 Å². The number of nitriles is 1. The molecule has 182 valence electrons. The van der Waals surface area contributed by atoms with Gasteiger partial charge in [0.2, 0.25) is 6.43 Å². The third-order valence-electron chi connectivity index (χ3n) is 7.79. The van der Waals surface area contributed by atoms with E-state index in [9.17, 15) is 18.4 Å². The van der Waals surface area contributed by atoms with Gasteiger partial charge >= 0.3 is 0 Å². The Morgan fingerprint density at radius 1 is 1.14 bits per heavy atom. The zero-order valence-corrected chi connectivity index (χ0v) is 19.4. The van der Waals surface area contributed by atoms with E-state index < -0.39 is 17.7 Å². The van der Waals surface area contributed by atoms with Crippen molar-refractivity contribution in [3.05, 3.63) is 77.1 Å². The van der Waals surface area contributed by atoms with Gasteiger partial charge in [0.05, 0.1) is 29.9 Å². The molecule has 3 aromatic rings. The van der Waals surface area contributed by atoms with Crippen LogP contribution in [0.1, 0.15) is 51.2 Å². The third kappa shape index (κ3) is 3.48. The van der Waals surface area contributed by atoms with Gasteiger partial charge in [-0.05, 0) is 67.0 Å². The second-order valence-corrected chi connectivity index (χ2v) is 10.3. The summed E-state index contributed by atoms with van der Waals surface area (Å²) in [5, 5.41) is 16.0. The Morgan fingerprint density at radius 2 is 1.89 bits per heavy atom. The van der Waals surface area contributed by atoms with Crippen LogP contribution in [0.15, 0.2) is 54.7 Å². The molecule has 2 aromatic carbocycles. The van der Waals surface area contributed by atoms with E-state index in [-0.39, 0.29) is 22.6 Å². The Labute approximate surface area is 206 Å². The smallest absolute Gasteiger partial charge is 0.277 e. The third-order valence-corrected chi connectivity index (χ3v) is 7.79. The summed E-state index contributed by atoms with van der Waals surface area (Å²) in [6.07, 6.45) is 1.73. The summed E-state index contributed by atoms with van der Waals surface area (Å²) >= 11 is 0. The number of hydrogen-bond acceptors (Lipinski definition) is 4. The minimum atomic E-state index is -2.23. The van der Waals surface area contributed by atoms with Crippen LogP contribution in [0.4, 0.5) is 20.2 Å². The van der Waals surface area contributed by atoms with E-state index in [0.717, 1.165) is 12.0 Å². The van der Waals surface area contributed by atoms with Crippen LogP contribution >= 0.6 is 0 Å². The maximum atomic E-state index is 13.4. The zero-order chi connectivity index (χ0) is 25.1. The minimum absolute atomic E-state index is 0.0143. The van der Waals surface area contributed by atoms with Crippen LogP contribution in [0.25, 0.3) is 0 Å². The lowest BCUT2D eigenvalue weighted by Gasteiger charge is -2.70. The molecule has 0 saturated heterocycles. The first kappa shape index (κ1) is 22.4. The summed E-state index contributed by atoms with van der Waals surface area (Å²) in [6.45, 7) is 0.859. The van der Waals surface area contributed by atoms with Crippen molar-refractivity contribution in [2.45, 2.75) is 38.7 Å². The van der Waals surface area contributed by atoms with Crippen LogP contribution in [0, 0.1) is 22.2 Å². The number of anilines is 2. The minimum Gasteiger partial charge on any atom is -0.322 e. The highest BCUT2D eigenvalue weighted by molar-refractivity contribution is 6.15. The van der Waals surface area contributed by atoms with E-state index >= 15 is 0 Å². The van der Waals surface area contributed by atoms with Crippen molar-refractivity contribution in [3.8, 4) is 6.07 Å². The number of benzene rings is 2. The van der Waals surface area contributed by atoms with Gasteiger partial charge < -0.3 is 10.2 Å². The van der Waals surface area contributed by atoms with Crippen LogP contribution in [0.3, 0.4) is 0 Å². The molecule has 3 aliphatic carbocycles. The van der Waals surface area contributed by atoms with Crippen LogP contribution in [0.2, 0.25) is 0 Å². The van der Waals surface area contributed by atoms with Gasteiger partial charge in [0.15, 0.2) is 0 Å². The zero-order valence-electron chi connectivity index (χ0n) is 19.4. The van der Waals surface area contributed by atoms with E-state index in [4.69, 9.17) is 5.26 Å². The van der Waals surface area contributed by atoms with Crippen LogP contribution in [0.5, 0.6) is 0 Å². The number of nitrogens with zero attached hydrogens (tertiary/aromatic N) is 4. The van der Waals surface area contributed by atoms with Crippen LogP contribution < -0.4 is 10.2 Å². The Kier molecular flexibility index (Phi) is 4.97. The number of carbonyl (C=O) groups excluding carboxylic acids is 2. The van der Waals surface area contributed by atoms with Crippen molar-refractivity contribution in [2.24, 2.45) is 10.8 Å². The van der Waals surface area contributed by atoms with Gasteiger partial charge in [-0.1, -0.05) is 18.2 Å². The molecule has 9 heteroatoms. The Balaban J connectivity index is 1.16. The van der Waals surface area contributed by atoms with Gasteiger partial charge in [0.25, 0.3) is 11.8 Å². The van der Waals surface area contributed by atoms with Crippen LogP contribution in [-0.2, 0) is 13.0 Å². The number of alkyl halides is 2. The molecule has 0 radical (unpaired) electrons.